The summed E-state index contributed by atoms with van der Waals surface area (Å²) in [6.45, 7) is 2.24. The number of hydrogen-bond acceptors (Lipinski definition) is 1. The van der Waals surface area contributed by atoms with Crippen LogP contribution in [0.5, 0.6) is 0 Å². The molecule has 0 fully saturated rings. The molecule has 0 aromatic heterocycles. The summed E-state index contributed by atoms with van der Waals surface area (Å²) in [5.41, 5.74) is 1.34. The summed E-state index contributed by atoms with van der Waals surface area (Å²) in [7, 11) is 0. The van der Waals surface area contributed by atoms with E-state index < -0.39 is 0 Å². The first-order valence-electron chi connectivity index (χ1n) is 3.71. The van der Waals surface area contributed by atoms with Crippen LogP contribution in [0.15, 0.2) is 23.1 Å². The van der Waals surface area contributed by atoms with Crippen LogP contribution in [0.2, 0.25) is 5.02 Å². The predicted octanol–water partition coefficient (Wildman–Crippen LogP) is 3.38. The minimum absolute atomic E-state index is 0.699. The van der Waals surface area contributed by atoms with Gasteiger partial charge in [-0.05, 0) is 24.1 Å². The second-order valence-electron chi connectivity index (χ2n) is 2.85. The van der Waals surface area contributed by atoms with Crippen LogP contribution >= 0.6 is 23.4 Å². The molecule has 0 bridgehead atoms. The van der Waals surface area contributed by atoms with Gasteiger partial charge in [-0.15, -0.1) is 11.8 Å². The molecule has 0 nitrogen and oxygen atoms in total. The quantitative estimate of drug-likeness (QED) is 0.596. The molecule has 0 saturated carbocycles. The summed E-state index contributed by atoms with van der Waals surface area (Å²) in [5, 5.41) is 1.63. The van der Waals surface area contributed by atoms with Gasteiger partial charge in [0.25, 0.3) is 0 Å². The molecule has 1 unspecified atom stereocenters. The number of thioether (sulfide) groups is 1. The summed E-state index contributed by atoms with van der Waals surface area (Å²) in [5.74, 6) is 0. The second-order valence-corrected chi connectivity index (χ2v) is 4.74. The maximum Gasteiger partial charge on any atom is 0.0449 e. The standard InChI is InChI=1S/C9H9ClS/c1-6-5-7-8(10)3-2-4-9(7)11-6/h2-4,6H,5H2,1H3. The lowest BCUT2D eigenvalue weighted by Gasteiger charge is -1.97. The largest absolute Gasteiger partial charge is 0.122 e. The molecule has 1 atom stereocenters. The second kappa shape index (κ2) is 2.72. The highest BCUT2D eigenvalue weighted by Gasteiger charge is 2.19. The molecule has 11 heavy (non-hydrogen) atoms. The van der Waals surface area contributed by atoms with E-state index in [0.717, 1.165) is 11.4 Å². The molecule has 2 rings (SSSR count). The van der Waals surface area contributed by atoms with Crippen molar-refractivity contribution in [2.75, 3.05) is 0 Å². The number of fused-ring (bicyclic) bond motifs is 1. The van der Waals surface area contributed by atoms with Crippen molar-refractivity contribution in [1.29, 1.82) is 0 Å². The average Bonchev–Trinajstić information content (AvgIpc) is 2.31. The van der Waals surface area contributed by atoms with Crippen LogP contribution in [0.3, 0.4) is 0 Å². The Labute approximate surface area is 75.9 Å². The number of hydrogen-bond donors (Lipinski definition) is 0. The van der Waals surface area contributed by atoms with Gasteiger partial charge in [-0.1, -0.05) is 24.6 Å². The van der Waals surface area contributed by atoms with Crippen LogP contribution < -0.4 is 0 Å². The Hall–Kier alpha value is -0.140. The molecule has 1 aliphatic heterocycles. The summed E-state index contributed by atoms with van der Waals surface area (Å²) in [4.78, 5) is 1.37. The van der Waals surface area contributed by atoms with Gasteiger partial charge in [0.05, 0.1) is 0 Å². The Kier molecular flexibility index (Phi) is 1.86. The van der Waals surface area contributed by atoms with Gasteiger partial charge >= 0.3 is 0 Å². The van der Waals surface area contributed by atoms with E-state index in [1.54, 1.807) is 0 Å². The van der Waals surface area contributed by atoms with E-state index in [0.29, 0.717) is 5.25 Å². The topological polar surface area (TPSA) is 0 Å². The van der Waals surface area contributed by atoms with Gasteiger partial charge in [-0.2, -0.15) is 0 Å². The van der Waals surface area contributed by atoms with Crippen LogP contribution in [0.25, 0.3) is 0 Å². The predicted molar refractivity (Wildman–Crippen MR) is 50.5 cm³/mol. The van der Waals surface area contributed by atoms with E-state index in [-0.39, 0.29) is 0 Å². The van der Waals surface area contributed by atoms with Crippen LogP contribution in [0, 0.1) is 0 Å². The van der Waals surface area contributed by atoms with Gasteiger partial charge in [-0.3, -0.25) is 0 Å². The first-order valence-corrected chi connectivity index (χ1v) is 4.97. The fourth-order valence-electron chi connectivity index (χ4n) is 1.39. The molecule has 0 N–H and O–H groups in total. The Bertz CT molecular complexity index is 283. The molecule has 1 aliphatic rings. The van der Waals surface area contributed by atoms with Crippen LogP contribution in [-0.2, 0) is 6.42 Å². The lowest BCUT2D eigenvalue weighted by atomic mass is 10.1. The molecule has 1 heterocycles. The highest BCUT2D eigenvalue weighted by molar-refractivity contribution is 8.00. The van der Waals surface area contributed by atoms with Gasteiger partial charge in [0.1, 0.15) is 0 Å². The third-order valence-electron chi connectivity index (χ3n) is 1.90. The maximum absolute atomic E-state index is 6.02. The van der Waals surface area contributed by atoms with Gasteiger partial charge in [0.2, 0.25) is 0 Å². The lowest BCUT2D eigenvalue weighted by Crippen LogP contribution is -1.91. The first-order chi connectivity index (χ1) is 5.27. The van der Waals surface area contributed by atoms with E-state index in [1.165, 1.54) is 10.5 Å². The SMILES string of the molecule is CC1Cc2c(Cl)cccc2S1. The molecular formula is C9H9ClS. The van der Waals surface area contributed by atoms with E-state index in [2.05, 4.69) is 13.0 Å². The molecule has 1 aromatic carbocycles. The highest BCUT2D eigenvalue weighted by Crippen LogP contribution is 2.39. The Morgan fingerprint density at radius 1 is 1.55 bits per heavy atom. The van der Waals surface area contributed by atoms with Gasteiger partial charge < -0.3 is 0 Å². The molecule has 2 heteroatoms. The fourth-order valence-corrected chi connectivity index (χ4v) is 2.88. The minimum atomic E-state index is 0.699. The van der Waals surface area contributed by atoms with Gasteiger partial charge in [0, 0.05) is 15.2 Å². The van der Waals surface area contributed by atoms with Crippen molar-refractivity contribution in [3.05, 3.63) is 28.8 Å². The number of benzene rings is 1. The zero-order chi connectivity index (χ0) is 7.84. The first kappa shape index (κ1) is 7.51. The Morgan fingerprint density at radius 2 is 2.36 bits per heavy atom. The van der Waals surface area contributed by atoms with Crippen molar-refractivity contribution >= 4 is 23.4 Å². The molecular weight excluding hydrogens is 176 g/mol. The van der Waals surface area contributed by atoms with Crippen LogP contribution in [0.4, 0.5) is 0 Å². The Morgan fingerprint density at radius 3 is 3.09 bits per heavy atom. The Balaban J connectivity index is 2.49. The van der Waals surface area contributed by atoms with Crippen molar-refractivity contribution in [1.82, 2.24) is 0 Å². The lowest BCUT2D eigenvalue weighted by molar-refractivity contribution is 0.960. The van der Waals surface area contributed by atoms with Crippen LogP contribution in [0.1, 0.15) is 12.5 Å². The van der Waals surface area contributed by atoms with E-state index >= 15 is 0 Å². The smallest absolute Gasteiger partial charge is 0.0449 e. The molecule has 0 saturated heterocycles. The maximum atomic E-state index is 6.02. The summed E-state index contributed by atoms with van der Waals surface area (Å²) < 4.78 is 0. The van der Waals surface area contributed by atoms with Crippen molar-refractivity contribution < 1.29 is 0 Å². The zero-order valence-electron chi connectivity index (χ0n) is 6.30. The molecule has 0 amide bonds. The molecule has 0 spiro atoms. The van der Waals surface area contributed by atoms with E-state index in [1.807, 2.05) is 23.9 Å². The van der Waals surface area contributed by atoms with Crippen molar-refractivity contribution in [3.63, 3.8) is 0 Å². The van der Waals surface area contributed by atoms with Crippen molar-refractivity contribution in [2.45, 2.75) is 23.5 Å². The third kappa shape index (κ3) is 1.27. The summed E-state index contributed by atoms with van der Waals surface area (Å²) in [6, 6.07) is 6.14. The molecule has 0 radical (unpaired) electrons. The number of rotatable bonds is 0. The third-order valence-corrected chi connectivity index (χ3v) is 3.46. The van der Waals surface area contributed by atoms with E-state index in [4.69, 9.17) is 11.6 Å². The molecule has 1 aromatic rings. The fraction of sp³-hybridized carbons (Fsp3) is 0.333. The summed E-state index contributed by atoms with van der Waals surface area (Å²) in [6.07, 6.45) is 1.12. The van der Waals surface area contributed by atoms with Gasteiger partial charge in [0.15, 0.2) is 0 Å². The monoisotopic (exact) mass is 184 g/mol. The van der Waals surface area contributed by atoms with E-state index in [9.17, 15) is 0 Å². The molecule has 58 valence electrons. The van der Waals surface area contributed by atoms with Gasteiger partial charge in [-0.25, -0.2) is 0 Å². The molecule has 0 aliphatic carbocycles. The van der Waals surface area contributed by atoms with Crippen molar-refractivity contribution in [2.24, 2.45) is 0 Å². The summed E-state index contributed by atoms with van der Waals surface area (Å²) >= 11 is 7.94. The van der Waals surface area contributed by atoms with Crippen LogP contribution in [-0.4, -0.2) is 5.25 Å². The average molecular weight is 185 g/mol. The zero-order valence-corrected chi connectivity index (χ0v) is 7.88. The van der Waals surface area contributed by atoms with Crippen molar-refractivity contribution in [3.8, 4) is 0 Å². The minimum Gasteiger partial charge on any atom is -0.122 e. The number of halogens is 1. The highest BCUT2D eigenvalue weighted by atomic mass is 35.5. The normalized spacial score (nSPS) is 21.8.